The lowest BCUT2D eigenvalue weighted by molar-refractivity contribution is 0.0228. The summed E-state index contributed by atoms with van der Waals surface area (Å²) in [5, 5.41) is 2.69. The number of carbonyl (C=O) groups excluding carboxylic acids is 1. The van der Waals surface area contributed by atoms with Gasteiger partial charge in [-0.15, -0.1) is 0 Å². The Balaban J connectivity index is 2.97. The second kappa shape index (κ2) is 6.11. The Bertz CT molecular complexity index is 611. The highest BCUT2D eigenvalue weighted by Crippen LogP contribution is 2.19. The van der Waals surface area contributed by atoms with Crippen LogP contribution in [-0.4, -0.2) is 33.6 Å². The maximum absolute atomic E-state index is 12.0. The molecular weight excluding hydrogens is 302 g/mol. The van der Waals surface area contributed by atoms with Crippen LogP contribution in [0.15, 0.2) is 23.1 Å². The zero-order chi connectivity index (χ0) is 15.6. The molecular formula is C13H18ClNO4S. The van der Waals surface area contributed by atoms with Crippen molar-refractivity contribution < 1.29 is 17.9 Å². The normalized spacial score (nSPS) is 12.2. The average Bonchev–Trinajstić information content (AvgIpc) is 2.34. The Morgan fingerprint density at radius 2 is 1.95 bits per heavy atom. The van der Waals surface area contributed by atoms with Gasteiger partial charge in [-0.3, -0.25) is 4.79 Å². The molecule has 0 aromatic heterocycles. The molecule has 0 heterocycles. The molecule has 0 bridgehead atoms. The maximum Gasteiger partial charge on any atom is 0.261 e. The maximum atomic E-state index is 12.0. The number of nitrogens with one attached hydrogen (secondary N) is 1. The highest BCUT2D eigenvalue weighted by Gasteiger charge is 2.19. The van der Waals surface area contributed by atoms with Crippen LogP contribution in [0.3, 0.4) is 0 Å². The molecule has 0 saturated heterocycles. The van der Waals surface area contributed by atoms with Crippen LogP contribution in [0.5, 0.6) is 0 Å². The molecule has 5 nitrogen and oxygen atoms in total. The molecule has 1 N–H and O–H groups in total. The number of hydrogen-bond acceptors (Lipinski definition) is 4. The first-order chi connectivity index (χ1) is 9.05. The molecule has 0 aliphatic heterocycles. The average molecular weight is 320 g/mol. The van der Waals surface area contributed by atoms with E-state index in [1.54, 1.807) is 20.1 Å². The quantitative estimate of drug-likeness (QED) is 0.843. The molecule has 0 radical (unpaired) electrons. The number of ether oxygens (including phenoxy) is 1. The van der Waals surface area contributed by atoms with E-state index in [-0.39, 0.29) is 16.4 Å². The number of rotatable bonds is 5. The molecule has 0 aliphatic carbocycles. The van der Waals surface area contributed by atoms with Gasteiger partial charge in [0.15, 0.2) is 0 Å². The van der Waals surface area contributed by atoms with Crippen LogP contribution in [0.2, 0.25) is 0 Å². The van der Waals surface area contributed by atoms with Gasteiger partial charge in [0.25, 0.3) is 15.0 Å². The van der Waals surface area contributed by atoms with Crippen LogP contribution in [0.4, 0.5) is 0 Å². The van der Waals surface area contributed by atoms with E-state index in [9.17, 15) is 13.2 Å². The van der Waals surface area contributed by atoms with Crippen molar-refractivity contribution in [1.29, 1.82) is 0 Å². The summed E-state index contributed by atoms with van der Waals surface area (Å²) in [5.41, 5.74) is 0.389. The highest BCUT2D eigenvalue weighted by molar-refractivity contribution is 8.13. The minimum Gasteiger partial charge on any atom is -0.377 e. The molecule has 0 saturated carbocycles. The van der Waals surface area contributed by atoms with Gasteiger partial charge in [0.1, 0.15) is 0 Å². The van der Waals surface area contributed by atoms with E-state index in [1.807, 2.05) is 13.8 Å². The largest absolute Gasteiger partial charge is 0.377 e. The molecule has 0 aliphatic rings. The van der Waals surface area contributed by atoms with Crippen LogP contribution < -0.4 is 5.32 Å². The monoisotopic (exact) mass is 319 g/mol. The molecule has 1 aromatic carbocycles. The van der Waals surface area contributed by atoms with Crippen molar-refractivity contribution in [1.82, 2.24) is 5.32 Å². The zero-order valence-corrected chi connectivity index (χ0v) is 13.4. The second-order valence-electron chi connectivity index (χ2n) is 5.12. The predicted molar refractivity (Wildman–Crippen MR) is 77.6 cm³/mol. The Morgan fingerprint density at radius 3 is 2.45 bits per heavy atom. The molecule has 0 fully saturated rings. The summed E-state index contributed by atoms with van der Waals surface area (Å²) in [6, 6.07) is 4.27. The van der Waals surface area contributed by atoms with Gasteiger partial charge in [-0.25, -0.2) is 8.42 Å². The molecule has 0 unspecified atom stereocenters. The third-order valence-corrected chi connectivity index (χ3v) is 4.16. The lowest BCUT2D eigenvalue weighted by atomic mass is 10.1. The fourth-order valence-electron chi connectivity index (χ4n) is 1.49. The fraction of sp³-hybridized carbons (Fsp3) is 0.462. The number of methoxy groups -OCH3 is 1. The van der Waals surface area contributed by atoms with Crippen molar-refractivity contribution in [2.45, 2.75) is 31.3 Å². The molecule has 7 heteroatoms. The Labute approximate surface area is 123 Å². The Morgan fingerprint density at radius 1 is 1.35 bits per heavy atom. The third-order valence-electron chi connectivity index (χ3n) is 2.82. The third kappa shape index (κ3) is 4.77. The van der Waals surface area contributed by atoms with Crippen LogP contribution >= 0.6 is 10.7 Å². The number of amides is 1. The predicted octanol–water partition coefficient (Wildman–Crippen LogP) is 2.08. The van der Waals surface area contributed by atoms with Crippen LogP contribution in [0.25, 0.3) is 0 Å². The summed E-state index contributed by atoms with van der Waals surface area (Å²) in [6.07, 6.45) is 0. The minimum atomic E-state index is -3.86. The zero-order valence-electron chi connectivity index (χ0n) is 11.9. The Hall–Kier alpha value is -1.11. The van der Waals surface area contributed by atoms with Gasteiger partial charge in [0, 0.05) is 29.9 Å². The summed E-state index contributed by atoms with van der Waals surface area (Å²) in [4.78, 5) is 11.9. The van der Waals surface area contributed by atoms with Gasteiger partial charge in [0.2, 0.25) is 0 Å². The van der Waals surface area contributed by atoms with Crippen LogP contribution in [0, 0.1) is 6.92 Å². The first-order valence-corrected chi connectivity index (χ1v) is 8.26. The van der Waals surface area contributed by atoms with Gasteiger partial charge in [-0.05, 0) is 44.5 Å². The van der Waals surface area contributed by atoms with Crippen LogP contribution in [-0.2, 0) is 13.8 Å². The molecule has 1 rings (SSSR count). The number of carbonyl (C=O) groups is 1. The molecule has 1 amide bonds. The molecule has 0 spiro atoms. The number of hydrogen-bond donors (Lipinski definition) is 1. The van der Waals surface area contributed by atoms with E-state index in [0.29, 0.717) is 12.1 Å². The molecule has 20 heavy (non-hydrogen) atoms. The summed E-state index contributed by atoms with van der Waals surface area (Å²) < 4.78 is 27.9. The Kier molecular flexibility index (Phi) is 5.18. The molecule has 112 valence electrons. The lowest BCUT2D eigenvalue weighted by Gasteiger charge is -2.23. The number of halogens is 1. The van der Waals surface area contributed by atoms with Gasteiger partial charge >= 0.3 is 0 Å². The standard InChI is InChI=1S/C13H18ClNO4S/c1-9-5-10(7-11(6-9)20(14,17)18)12(16)15-8-13(2,3)19-4/h5-7H,8H2,1-4H3,(H,15,16). The topological polar surface area (TPSA) is 72.5 Å². The van der Waals surface area contributed by atoms with E-state index in [1.165, 1.54) is 12.1 Å². The summed E-state index contributed by atoms with van der Waals surface area (Å²) in [5.74, 6) is -0.375. The first-order valence-electron chi connectivity index (χ1n) is 5.95. The van der Waals surface area contributed by atoms with Crippen molar-refractivity contribution in [3.63, 3.8) is 0 Å². The number of aryl methyl sites for hydroxylation is 1. The number of benzene rings is 1. The SMILES string of the molecule is COC(C)(C)CNC(=O)c1cc(C)cc(S(=O)(=O)Cl)c1. The summed E-state index contributed by atoms with van der Waals surface area (Å²) in [6.45, 7) is 5.66. The van der Waals surface area contributed by atoms with Crippen molar-refractivity contribution >= 4 is 25.6 Å². The van der Waals surface area contributed by atoms with Gasteiger partial charge < -0.3 is 10.1 Å². The van der Waals surface area contributed by atoms with Gasteiger partial charge in [0.05, 0.1) is 10.5 Å². The lowest BCUT2D eigenvalue weighted by Crippen LogP contribution is -2.39. The van der Waals surface area contributed by atoms with Crippen molar-refractivity contribution in [2.24, 2.45) is 0 Å². The van der Waals surface area contributed by atoms with Crippen molar-refractivity contribution in [3.05, 3.63) is 29.3 Å². The van der Waals surface area contributed by atoms with E-state index in [4.69, 9.17) is 15.4 Å². The summed E-state index contributed by atoms with van der Waals surface area (Å²) >= 11 is 0. The van der Waals surface area contributed by atoms with E-state index in [0.717, 1.165) is 0 Å². The molecule has 0 atom stereocenters. The highest BCUT2D eigenvalue weighted by atomic mass is 35.7. The van der Waals surface area contributed by atoms with Crippen molar-refractivity contribution in [3.8, 4) is 0 Å². The second-order valence-corrected chi connectivity index (χ2v) is 7.69. The molecule has 1 aromatic rings. The first kappa shape index (κ1) is 16.9. The smallest absolute Gasteiger partial charge is 0.261 e. The van der Waals surface area contributed by atoms with Crippen molar-refractivity contribution in [2.75, 3.05) is 13.7 Å². The fourth-order valence-corrected chi connectivity index (χ4v) is 2.35. The summed E-state index contributed by atoms with van der Waals surface area (Å²) in [7, 11) is 2.99. The van der Waals surface area contributed by atoms with E-state index in [2.05, 4.69) is 5.32 Å². The van der Waals surface area contributed by atoms with Crippen LogP contribution in [0.1, 0.15) is 29.8 Å². The minimum absolute atomic E-state index is 0.0877. The van der Waals surface area contributed by atoms with E-state index < -0.39 is 14.7 Å². The van der Waals surface area contributed by atoms with Gasteiger partial charge in [-0.1, -0.05) is 0 Å². The van der Waals surface area contributed by atoms with Gasteiger partial charge in [-0.2, -0.15) is 0 Å². The van der Waals surface area contributed by atoms with E-state index >= 15 is 0 Å².